The normalized spacial score (nSPS) is 22.1. The standard InChI is InChI=1S/C18H24N2O3/c1-19-17(21)14-3-2-4-15(11-14)18(22)20-8-5-16(12-20)13-6-9-23-10-7-13/h2-4,11,13,16H,5-10,12H2,1H3,(H,19,21). The summed E-state index contributed by atoms with van der Waals surface area (Å²) in [4.78, 5) is 26.4. The first-order valence-corrected chi connectivity index (χ1v) is 8.38. The van der Waals surface area contributed by atoms with Gasteiger partial charge in [-0.15, -0.1) is 0 Å². The number of amides is 2. The number of nitrogens with zero attached hydrogens (tertiary/aromatic N) is 1. The second kappa shape index (κ2) is 7.13. The molecule has 2 aliphatic heterocycles. The Hall–Kier alpha value is -1.88. The van der Waals surface area contributed by atoms with Gasteiger partial charge in [0, 0.05) is 44.5 Å². The SMILES string of the molecule is CNC(=O)c1cccc(C(=O)N2CCC(C3CCOCC3)C2)c1. The summed E-state index contributed by atoms with van der Waals surface area (Å²) < 4.78 is 5.43. The topological polar surface area (TPSA) is 58.6 Å². The Labute approximate surface area is 137 Å². The summed E-state index contributed by atoms with van der Waals surface area (Å²) in [5, 5.41) is 2.59. The number of carbonyl (C=O) groups excluding carboxylic acids is 2. The monoisotopic (exact) mass is 316 g/mol. The molecular formula is C18H24N2O3. The van der Waals surface area contributed by atoms with Crippen molar-refractivity contribution >= 4 is 11.8 Å². The smallest absolute Gasteiger partial charge is 0.253 e. The Balaban J connectivity index is 1.65. The average molecular weight is 316 g/mol. The number of nitrogens with one attached hydrogen (secondary N) is 1. The first kappa shape index (κ1) is 16.0. The van der Waals surface area contributed by atoms with Crippen molar-refractivity contribution in [1.82, 2.24) is 10.2 Å². The molecule has 2 heterocycles. The summed E-state index contributed by atoms with van der Waals surface area (Å²) in [6, 6.07) is 6.97. The number of carbonyl (C=O) groups is 2. The molecule has 2 amide bonds. The summed E-state index contributed by atoms with van der Waals surface area (Å²) in [5.74, 6) is 1.13. The number of hydrogen-bond acceptors (Lipinski definition) is 3. The zero-order chi connectivity index (χ0) is 16.2. The second-order valence-corrected chi connectivity index (χ2v) is 6.41. The van der Waals surface area contributed by atoms with Crippen molar-refractivity contribution in [2.24, 2.45) is 11.8 Å². The van der Waals surface area contributed by atoms with Crippen LogP contribution in [0.2, 0.25) is 0 Å². The molecule has 1 aromatic carbocycles. The van der Waals surface area contributed by atoms with Crippen LogP contribution in [0.1, 0.15) is 40.0 Å². The lowest BCUT2D eigenvalue weighted by atomic mass is 9.85. The van der Waals surface area contributed by atoms with Crippen LogP contribution >= 0.6 is 0 Å². The van der Waals surface area contributed by atoms with Gasteiger partial charge in [-0.3, -0.25) is 9.59 Å². The Morgan fingerprint density at radius 1 is 1.13 bits per heavy atom. The van der Waals surface area contributed by atoms with Gasteiger partial charge in [0.05, 0.1) is 0 Å². The first-order chi connectivity index (χ1) is 11.2. The number of hydrogen-bond donors (Lipinski definition) is 1. The van der Waals surface area contributed by atoms with Crippen molar-refractivity contribution in [2.75, 3.05) is 33.4 Å². The van der Waals surface area contributed by atoms with Crippen molar-refractivity contribution in [3.63, 3.8) is 0 Å². The van der Waals surface area contributed by atoms with Gasteiger partial charge in [0.15, 0.2) is 0 Å². The van der Waals surface area contributed by atoms with E-state index in [0.717, 1.165) is 45.6 Å². The molecule has 124 valence electrons. The molecule has 2 saturated heterocycles. The number of ether oxygens (including phenoxy) is 1. The Bertz CT molecular complexity index is 581. The van der Waals surface area contributed by atoms with E-state index in [2.05, 4.69) is 5.32 Å². The molecule has 0 aliphatic carbocycles. The molecule has 23 heavy (non-hydrogen) atoms. The van der Waals surface area contributed by atoms with Crippen molar-refractivity contribution in [2.45, 2.75) is 19.3 Å². The first-order valence-electron chi connectivity index (χ1n) is 8.38. The molecule has 0 spiro atoms. The van der Waals surface area contributed by atoms with E-state index in [1.807, 2.05) is 4.90 Å². The van der Waals surface area contributed by atoms with Gasteiger partial charge < -0.3 is 15.0 Å². The highest BCUT2D eigenvalue weighted by atomic mass is 16.5. The number of rotatable bonds is 3. The van der Waals surface area contributed by atoms with Crippen LogP contribution in [-0.2, 0) is 4.74 Å². The minimum atomic E-state index is -0.166. The van der Waals surface area contributed by atoms with Gasteiger partial charge in [0.1, 0.15) is 0 Å². The number of benzene rings is 1. The molecule has 5 nitrogen and oxygen atoms in total. The highest BCUT2D eigenvalue weighted by Crippen LogP contribution is 2.31. The molecule has 0 aromatic heterocycles. The molecule has 1 atom stereocenters. The van der Waals surface area contributed by atoms with Crippen LogP contribution in [0.5, 0.6) is 0 Å². The Kier molecular flexibility index (Phi) is 4.96. The minimum absolute atomic E-state index is 0.0327. The molecule has 1 N–H and O–H groups in total. The van der Waals surface area contributed by atoms with E-state index < -0.39 is 0 Å². The quantitative estimate of drug-likeness (QED) is 0.927. The van der Waals surface area contributed by atoms with Gasteiger partial charge in [-0.2, -0.15) is 0 Å². The second-order valence-electron chi connectivity index (χ2n) is 6.41. The summed E-state index contributed by atoms with van der Waals surface area (Å²) in [6.45, 7) is 3.34. The lowest BCUT2D eigenvalue weighted by molar-refractivity contribution is 0.0471. The van der Waals surface area contributed by atoms with Crippen LogP contribution in [0, 0.1) is 11.8 Å². The van der Waals surface area contributed by atoms with E-state index in [4.69, 9.17) is 4.74 Å². The zero-order valence-electron chi connectivity index (χ0n) is 13.6. The maximum atomic E-state index is 12.7. The third-order valence-corrected chi connectivity index (χ3v) is 5.04. The summed E-state index contributed by atoms with van der Waals surface area (Å²) in [7, 11) is 1.59. The largest absolute Gasteiger partial charge is 0.381 e. The average Bonchev–Trinajstić information content (AvgIpc) is 3.11. The van der Waals surface area contributed by atoms with Crippen LogP contribution in [0.4, 0.5) is 0 Å². The zero-order valence-corrected chi connectivity index (χ0v) is 13.6. The lowest BCUT2D eigenvalue weighted by Crippen LogP contribution is -2.31. The van der Waals surface area contributed by atoms with E-state index in [1.54, 1.807) is 31.3 Å². The van der Waals surface area contributed by atoms with Crippen LogP contribution in [-0.4, -0.2) is 50.1 Å². The highest BCUT2D eigenvalue weighted by Gasteiger charge is 2.33. The molecule has 1 unspecified atom stereocenters. The van der Waals surface area contributed by atoms with Gasteiger partial charge in [0.25, 0.3) is 11.8 Å². The lowest BCUT2D eigenvalue weighted by Gasteiger charge is -2.27. The molecule has 0 bridgehead atoms. The van der Waals surface area contributed by atoms with Gasteiger partial charge in [0.2, 0.25) is 0 Å². The molecule has 0 saturated carbocycles. The highest BCUT2D eigenvalue weighted by molar-refractivity contribution is 5.99. The van der Waals surface area contributed by atoms with Crippen LogP contribution in [0.25, 0.3) is 0 Å². The Morgan fingerprint density at radius 2 is 1.87 bits per heavy atom. The van der Waals surface area contributed by atoms with E-state index in [1.165, 1.54) is 0 Å². The third-order valence-electron chi connectivity index (χ3n) is 5.04. The van der Waals surface area contributed by atoms with E-state index in [9.17, 15) is 9.59 Å². The third kappa shape index (κ3) is 3.55. The van der Waals surface area contributed by atoms with Crippen LogP contribution < -0.4 is 5.32 Å². The summed E-state index contributed by atoms with van der Waals surface area (Å²) >= 11 is 0. The Morgan fingerprint density at radius 3 is 2.61 bits per heavy atom. The fraction of sp³-hybridized carbons (Fsp3) is 0.556. The van der Waals surface area contributed by atoms with Crippen molar-refractivity contribution < 1.29 is 14.3 Å². The predicted octanol–water partition coefficient (Wildman–Crippen LogP) is 1.93. The van der Waals surface area contributed by atoms with Crippen LogP contribution in [0.3, 0.4) is 0 Å². The van der Waals surface area contributed by atoms with Gasteiger partial charge in [-0.1, -0.05) is 6.07 Å². The van der Waals surface area contributed by atoms with Gasteiger partial charge >= 0.3 is 0 Å². The molecule has 0 radical (unpaired) electrons. The maximum Gasteiger partial charge on any atom is 0.253 e. The molecule has 1 aromatic rings. The molecule has 2 fully saturated rings. The predicted molar refractivity (Wildman–Crippen MR) is 87.4 cm³/mol. The van der Waals surface area contributed by atoms with Gasteiger partial charge in [-0.25, -0.2) is 0 Å². The maximum absolute atomic E-state index is 12.7. The minimum Gasteiger partial charge on any atom is -0.381 e. The molecule has 3 rings (SSSR count). The molecule has 5 heteroatoms. The van der Waals surface area contributed by atoms with Crippen molar-refractivity contribution in [3.8, 4) is 0 Å². The summed E-state index contributed by atoms with van der Waals surface area (Å²) in [5.41, 5.74) is 1.12. The summed E-state index contributed by atoms with van der Waals surface area (Å²) in [6.07, 6.45) is 3.29. The molecule has 2 aliphatic rings. The van der Waals surface area contributed by atoms with Crippen molar-refractivity contribution in [3.05, 3.63) is 35.4 Å². The van der Waals surface area contributed by atoms with Gasteiger partial charge in [-0.05, 0) is 49.3 Å². The van der Waals surface area contributed by atoms with Crippen molar-refractivity contribution in [1.29, 1.82) is 0 Å². The van der Waals surface area contributed by atoms with Crippen LogP contribution in [0.15, 0.2) is 24.3 Å². The van der Waals surface area contributed by atoms with E-state index in [0.29, 0.717) is 23.0 Å². The van der Waals surface area contributed by atoms with E-state index in [-0.39, 0.29) is 11.8 Å². The fourth-order valence-corrected chi connectivity index (χ4v) is 3.66. The fourth-order valence-electron chi connectivity index (χ4n) is 3.66. The molecular weight excluding hydrogens is 292 g/mol. The number of likely N-dealkylation sites (tertiary alicyclic amines) is 1. The van der Waals surface area contributed by atoms with E-state index >= 15 is 0 Å².